The number of hydrogen-bond donors (Lipinski definition) is 3. The molecule has 36 heavy (non-hydrogen) atoms. The largest absolute Gasteiger partial charge is 0.514 e. The number of benzene rings is 1. The quantitative estimate of drug-likeness (QED) is 0.426. The molecule has 2 aliphatic heterocycles. The standard InChI is InChI=1S/C28H33NO7/c1-16-9-8-12-20-23(30)18(3)17(2)22-21(15-19-10-6-5-7-11-19)29-25(32)28(20,22)36-26(33)35-14-13-27(4,34)24(16)31/h5-8,10-14,16,20-23,30,34H,9,15H2,1-4H3,(H,29,32)/b12-8+,14-13+/t16-,20-,21-,22-,23-,27+,28+/m0/s1. The predicted molar refractivity (Wildman–Crippen MR) is 131 cm³/mol. The number of cyclic esters (lactones) is 1. The first-order valence-corrected chi connectivity index (χ1v) is 12.2. The smallest absolute Gasteiger partial charge is 0.416 e. The van der Waals surface area contributed by atoms with E-state index in [-0.39, 0.29) is 6.42 Å². The second-order valence-corrected chi connectivity index (χ2v) is 10.2. The molecular formula is C28H33NO7. The number of rotatable bonds is 2. The summed E-state index contributed by atoms with van der Waals surface area (Å²) in [4.78, 5) is 39.3. The van der Waals surface area contributed by atoms with Crippen molar-refractivity contribution < 1.29 is 34.1 Å². The monoisotopic (exact) mass is 495 g/mol. The minimum Gasteiger partial charge on any atom is -0.416 e. The Bertz CT molecular complexity index is 1140. The molecule has 0 saturated carbocycles. The van der Waals surface area contributed by atoms with Gasteiger partial charge < -0.3 is 25.0 Å². The molecule has 7 atom stereocenters. The van der Waals surface area contributed by atoms with Gasteiger partial charge in [0.1, 0.15) is 5.60 Å². The van der Waals surface area contributed by atoms with Crippen molar-refractivity contribution in [3.05, 3.63) is 71.5 Å². The molecule has 1 spiro atoms. The molecule has 1 amide bonds. The van der Waals surface area contributed by atoms with Crippen molar-refractivity contribution in [2.45, 2.75) is 63.9 Å². The molecule has 1 aromatic rings. The van der Waals surface area contributed by atoms with Gasteiger partial charge in [-0.25, -0.2) is 4.79 Å². The number of hydrogen-bond acceptors (Lipinski definition) is 7. The lowest BCUT2D eigenvalue weighted by Gasteiger charge is -2.45. The number of allylic oxidation sites excluding steroid dienone is 1. The fourth-order valence-corrected chi connectivity index (χ4v) is 5.73. The summed E-state index contributed by atoms with van der Waals surface area (Å²) in [7, 11) is 0. The highest BCUT2D eigenvalue weighted by Gasteiger charge is 2.66. The molecule has 192 valence electrons. The number of carbonyl (C=O) groups is 3. The van der Waals surface area contributed by atoms with Crippen molar-refractivity contribution in [3.63, 3.8) is 0 Å². The molecule has 0 bridgehead atoms. The first-order chi connectivity index (χ1) is 17.0. The van der Waals surface area contributed by atoms with Gasteiger partial charge in [-0.2, -0.15) is 0 Å². The van der Waals surface area contributed by atoms with Crippen LogP contribution in [-0.4, -0.2) is 51.4 Å². The highest BCUT2D eigenvalue weighted by Crippen LogP contribution is 2.50. The highest BCUT2D eigenvalue weighted by atomic mass is 16.7. The summed E-state index contributed by atoms with van der Waals surface area (Å²) < 4.78 is 10.9. The fourth-order valence-electron chi connectivity index (χ4n) is 5.73. The summed E-state index contributed by atoms with van der Waals surface area (Å²) in [6.45, 7) is 6.65. The van der Waals surface area contributed by atoms with Crippen molar-refractivity contribution in [3.8, 4) is 0 Å². The van der Waals surface area contributed by atoms with E-state index in [9.17, 15) is 24.6 Å². The Labute approximate surface area is 210 Å². The number of carbonyl (C=O) groups excluding carboxylic acids is 3. The van der Waals surface area contributed by atoms with Crippen LogP contribution in [0.1, 0.15) is 39.7 Å². The molecule has 0 aromatic heterocycles. The Kier molecular flexibility index (Phi) is 6.94. The van der Waals surface area contributed by atoms with Gasteiger partial charge in [-0.1, -0.05) is 55.0 Å². The SMILES string of the molecule is CC1=C(C)[C@H]2[C@H](Cc3ccccc3)NC(=O)[C@]23OC(=O)O/C=C/[C@@](C)(O)C(=O)[C@@H](C)C/C=C/[C@H]3[C@H]1O. The van der Waals surface area contributed by atoms with Crippen LogP contribution in [0.25, 0.3) is 0 Å². The zero-order valence-corrected chi connectivity index (χ0v) is 20.9. The van der Waals surface area contributed by atoms with E-state index in [1.807, 2.05) is 44.2 Å². The van der Waals surface area contributed by atoms with Gasteiger partial charge in [-0.05, 0) is 50.8 Å². The maximum atomic E-state index is 13.7. The molecule has 3 N–H and O–H groups in total. The van der Waals surface area contributed by atoms with Crippen LogP contribution in [0.15, 0.2) is 66.0 Å². The average Bonchev–Trinajstić information content (AvgIpc) is 3.10. The second-order valence-electron chi connectivity index (χ2n) is 10.2. The van der Waals surface area contributed by atoms with E-state index in [1.54, 1.807) is 19.1 Å². The zero-order chi connectivity index (χ0) is 26.3. The topological polar surface area (TPSA) is 122 Å². The van der Waals surface area contributed by atoms with Crippen LogP contribution in [0.4, 0.5) is 4.79 Å². The molecule has 8 nitrogen and oxygen atoms in total. The number of Topliss-reactive ketones (excluding diaryl/α,β-unsaturated/α-hetero) is 1. The molecule has 0 unspecified atom stereocenters. The summed E-state index contributed by atoms with van der Waals surface area (Å²) in [5.41, 5.74) is -1.13. The van der Waals surface area contributed by atoms with E-state index >= 15 is 0 Å². The Hall–Kier alpha value is -3.23. The number of aliphatic hydroxyl groups excluding tert-OH is 1. The molecule has 2 heterocycles. The van der Waals surface area contributed by atoms with E-state index in [0.717, 1.165) is 23.5 Å². The van der Waals surface area contributed by atoms with Crippen LogP contribution in [0.3, 0.4) is 0 Å². The molecule has 1 saturated heterocycles. The molecule has 8 heteroatoms. The van der Waals surface area contributed by atoms with Crippen LogP contribution in [-0.2, 0) is 25.5 Å². The Balaban J connectivity index is 1.82. The number of ketones is 1. The summed E-state index contributed by atoms with van der Waals surface area (Å²) in [6.07, 6.45) is 3.84. The van der Waals surface area contributed by atoms with Crippen molar-refractivity contribution >= 4 is 17.8 Å². The van der Waals surface area contributed by atoms with Gasteiger partial charge in [0.15, 0.2) is 5.78 Å². The lowest BCUT2D eigenvalue weighted by Crippen LogP contribution is -2.59. The first-order valence-electron chi connectivity index (χ1n) is 12.2. The normalized spacial score (nSPS) is 38.8. The molecule has 1 aromatic carbocycles. The lowest BCUT2D eigenvalue weighted by atomic mass is 9.63. The molecule has 1 aliphatic carbocycles. The van der Waals surface area contributed by atoms with Gasteiger partial charge in [0.2, 0.25) is 5.60 Å². The average molecular weight is 496 g/mol. The first kappa shape index (κ1) is 25.9. The van der Waals surface area contributed by atoms with Gasteiger partial charge >= 0.3 is 6.16 Å². The van der Waals surface area contributed by atoms with E-state index < -0.39 is 58.9 Å². The molecular weight excluding hydrogens is 462 g/mol. The van der Waals surface area contributed by atoms with Crippen molar-refractivity contribution in [1.82, 2.24) is 5.32 Å². The summed E-state index contributed by atoms with van der Waals surface area (Å²) in [5.74, 6) is -3.00. The Morgan fingerprint density at radius 2 is 1.81 bits per heavy atom. The molecule has 1 fully saturated rings. The van der Waals surface area contributed by atoms with Crippen LogP contribution < -0.4 is 5.32 Å². The van der Waals surface area contributed by atoms with Gasteiger partial charge in [-0.15, -0.1) is 0 Å². The lowest BCUT2D eigenvalue weighted by molar-refractivity contribution is -0.151. The van der Waals surface area contributed by atoms with E-state index in [2.05, 4.69) is 5.32 Å². The van der Waals surface area contributed by atoms with Crippen LogP contribution in [0.5, 0.6) is 0 Å². The number of nitrogens with one attached hydrogen (secondary N) is 1. The van der Waals surface area contributed by atoms with E-state index in [1.165, 1.54) is 6.92 Å². The maximum absolute atomic E-state index is 13.7. The predicted octanol–water partition coefficient (Wildman–Crippen LogP) is 2.99. The second kappa shape index (κ2) is 9.67. The van der Waals surface area contributed by atoms with Crippen molar-refractivity contribution in [1.29, 1.82) is 0 Å². The van der Waals surface area contributed by atoms with Crippen molar-refractivity contribution in [2.75, 3.05) is 0 Å². The van der Waals surface area contributed by atoms with Crippen molar-refractivity contribution in [2.24, 2.45) is 17.8 Å². The molecule has 4 rings (SSSR count). The Morgan fingerprint density at radius 3 is 2.50 bits per heavy atom. The number of aliphatic hydroxyl groups is 2. The third-order valence-corrected chi connectivity index (χ3v) is 7.79. The summed E-state index contributed by atoms with van der Waals surface area (Å²) >= 11 is 0. The molecule has 0 radical (unpaired) electrons. The van der Waals surface area contributed by atoms with Crippen LogP contribution >= 0.6 is 0 Å². The minimum atomic E-state index is -1.85. The maximum Gasteiger partial charge on any atom is 0.514 e. The summed E-state index contributed by atoms with van der Waals surface area (Å²) in [5, 5.41) is 24.8. The molecule has 3 aliphatic rings. The van der Waals surface area contributed by atoms with Gasteiger partial charge in [-0.3, -0.25) is 9.59 Å². The Morgan fingerprint density at radius 1 is 1.11 bits per heavy atom. The highest BCUT2D eigenvalue weighted by molar-refractivity contribution is 5.93. The number of amides is 1. The van der Waals surface area contributed by atoms with Crippen LogP contribution in [0.2, 0.25) is 0 Å². The van der Waals surface area contributed by atoms with Gasteiger partial charge in [0.25, 0.3) is 5.91 Å². The fraction of sp³-hybridized carbons (Fsp3) is 0.464. The van der Waals surface area contributed by atoms with Gasteiger partial charge in [0, 0.05) is 12.0 Å². The third kappa shape index (κ3) is 4.40. The van der Waals surface area contributed by atoms with Crippen LogP contribution in [0, 0.1) is 17.8 Å². The number of ether oxygens (including phenoxy) is 2. The summed E-state index contributed by atoms with van der Waals surface area (Å²) in [6, 6.07) is 9.29. The zero-order valence-electron chi connectivity index (χ0n) is 20.9. The third-order valence-electron chi connectivity index (χ3n) is 7.79. The van der Waals surface area contributed by atoms with E-state index in [4.69, 9.17) is 9.47 Å². The minimum absolute atomic E-state index is 0.262. The van der Waals surface area contributed by atoms with Gasteiger partial charge in [0.05, 0.1) is 24.2 Å². The van der Waals surface area contributed by atoms with E-state index in [0.29, 0.717) is 12.0 Å².